The Morgan fingerprint density at radius 3 is 1.90 bits per heavy atom. The SMILES string of the molecule is CCc1c(Cc2[nH]c(C(=O)O)c(CCC(=O)OC)c2CC(=O)OC)[nH]c(C(=O)O)c1C. The maximum Gasteiger partial charge on any atom is 0.352 e. The molecule has 0 aliphatic heterocycles. The molecular weight excluding hydrogens is 408 g/mol. The van der Waals surface area contributed by atoms with E-state index in [1.54, 1.807) is 6.92 Å². The van der Waals surface area contributed by atoms with Crippen molar-refractivity contribution >= 4 is 23.9 Å². The Morgan fingerprint density at radius 1 is 0.839 bits per heavy atom. The summed E-state index contributed by atoms with van der Waals surface area (Å²) in [5.41, 5.74) is 3.14. The fourth-order valence-electron chi connectivity index (χ4n) is 3.72. The van der Waals surface area contributed by atoms with Gasteiger partial charge in [-0.1, -0.05) is 6.92 Å². The van der Waals surface area contributed by atoms with Crippen molar-refractivity contribution in [3.8, 4) is 0 Å². The lowest BCUT2D eigenvalue weighted by Gasteiger charge is -2.08. The maximum atomic E-state index is 12.0. The molecular formula is C21H26N2O8. The molecule has 0 bridgehead atoms. The number of H-pyrrole nitrogens is 2. The van der Waals surface area contributed by atoms with Crippen molar-refractivity contribution in [3.05, 3.63) is 45.0 Å². The molecule has 10 nitrogen and oxygen atoms in total. The van der Waals surface area contributed by atoms with Crippen molar-refractivity contribution in [2.75, 3.05) is 14.2 Å². The fraction of sp³-hybridized carbons (Fsp3) is 0.429. The van der Waals surface area contributed by atoms with Gasteiger partial charge in [-0.2, -0.15) is 0 Å². The van der Waals surface area contributed by atoms with Gasteiger partial charge in [0.15, 0.2) is 0 Å². The normalized spacial score (nSPS) is 10.7. The highest BCUT2D eigenvalue weighted by atomic mass is 16.5. The van der Waals surface area contributed by atoms with E-state index in [9.17, 15) is 29.4 Å². The fourth-order valence-corrected chi connectivity index (χ4v) is 3.72. The van der Waals surface area contributed by atoms with E-state index in [0.717, 1.165) is 5.56 Å². The molecule has 0 unspecified atom stereocenters. The third-order valence-corrected chi connectivity index (χ3v) is 5.26. The Balaban J connectivity index is 2.59. The quantitative estimate of drug-likeness (QED) is 0.413. The third kappa shape index (κ3) is 5.14. The average Bonchev–Trinajstić information content (AvgIpc) is 3.23. The van der Waals surface area contributed by atoms with Gasteiger partial charge in [-0.15, -0.1) is 0 Å². The Labute approximate surface area is 178 Å². The minimum absolute atomic E-state index is 0.0574. The van der Waals surface area contributed by atoms with Crippen molar-refractivity contribution in [2.45, 2.75) is 46.0 Å². The number of hydrogen-bond acceptors (Lipinski definition) is 6. The van der Waals surface area contributed by atoms with E-state index in [-0.39, 0.29) is 37.1 Å². The molecule has 0 spiro atoms. The molecule has 2 aromatic heterocycles. The van der Waals surface area contributed by atoms with Crippen LogP contribution < -0.4 is 0 Å². The molecule has 168 valence electrons. The van der Waals surface area contributed by atoms with E-state index in [1.807, 2.05) is 6.92 Å². The molecule has 0 fully saturated rings. The number of aromatic amines is 2. The van der Waals surface area contributed by atoms with Crippen LogP contribution in [-0.4, -0.2) is 58.3 Å². The van der Waals surface area contributed by atoms with Crippen molar-refractivity contribution < 1.29 is 38.9 Å². The van der Waals surface area contributed by atoms with Crippen LogP contribution in [-0.2, 0) is 44.7 Å². The van der Waals surface area contributed by atoms with E-state index in [1.165, 1.54) is 14.2 Å². The van der Waals surface area contributed by atoms with Gasteiger partial charge in [-0.05, 0) is 42.0 Å². The van der Waals surface area contributed by atoms with Crippen molar-refractivity contribution in [1.29, 1.82) is 0 Å². The standard InChI is InChI=1S/C21H26N2O8/c1-5-11-10(2)18(20(26)27)22-14(11)9-15-13(8-17(25)31-4)12(6-7-16(24)30-3)19(23-15)21(28)29/h22-23H,5-9H2,1-4H3,(H,26,27)(H,28,29). The predicted molar refractivity (Wildman–Crippen MR) is 108 cm³/mol. The zero-order valence-corrected chi connectivity index (χ0v) is 17.9. The summed E-state index contributed by atoms with van der Waals surface area (Å²) in [6, 6.07) is 0. The lowest BCUT2D eigenvalue weighted by molar-refractivity contribution is -0.141. The monoisotopic (exact) mass is 434 g/mol. The summed E-state index contributed by atoms with van der Waals surface area (Å²) >= 11 is 0. The summed E-state index contributed by atoms with van der Waals surface area (Å²) < 4.78 is 9.39. The topological polar surface area (TPSA) is 159 Å². The van der Waals surface area contributed by atoms with Crippen LogP contribution in [0.3, 0.4) is 0 Å². The van der Waals surface area contributed by atoms with Gasteiger partial charge in [0.25, 0.3) is 0 Å². The predicted octanol–water partition coefficient (Wildman–Crippen LogP) is 2.02. The van der Waals surface area contributed by atoms with Crippen molar-refractivity contribution in [1.82, 2.24) is 9.97 Å². The van der Waals surface area contributed by atoms with Crippen molar-refractivity contribution in [3.63, 3.8) is 0 Å². The number of carbonyl (C=O) groups is 4. The minimum Gasteiger partial charge on any atom is -0.477 e. The molecule has 10 heteroatoms. The first-order chi connectivity index (χ1) is 14.6. The number of rotatable bonds is 10. The number of carboxylic acid groups (broad SMARTS) is 2. The molecule has 0 aromatic carbocycles. The molecule has 0 aliphatic carbocycles. The molecule has 2 heterocycles. The molecule has 31 heavy (non-hydrogen) atoms. The summed E-state index contributed by atoms with van der Waals surface area (Å²) in [5.74, 6) is -3.41. The molecule has 0 aliphatic rings. The summed E-state index contributed by atoms with van der Waals surface area (Å²) in [7, 11) is 2.46. The van der Waals surface area contributed by atoms with Crippen LogP contribution in [0.5, 0.6) is 0 Å². The number of aromatic carboxylic acids is 2. The number of hydrogen-bond donors (Lipinski definition) is 4. The number of ether oxygens (including phenoxy) is 2. The Kier molecular flexibility index (Phi) is 7.62. The number of carboxylic acids is 2. The Morgan fingerprint density at radius 2 is 1.39 bits per heavy atom. The number of methoxy groups -OCH3 is 2. The highest BCUT2D eigenvalue weighted by Crippen LogP contribution is 2.27. The van der Waals surface area contributed by atoms with E-state index in [4.69, 9.17) is 4.74 Å². The van der Waals surface area contributed by atoms with E-state index >= 15 is 0 Å². The zero-order valence-electron chi connectivity index (χ0n) is 17.9. The summed E-state index contributed by atoms with van der Waals surface area (Å²) in [5, 5.41) is 19.1. The van der Waals surface area contributed by atoms with Gasteiger partial charge >= 0.3 is 23.9 Å². The number of aromatic nitrogens is 2. The first kappa shape index (κ1) is 23.7. The van der Waals surface area contributed by atoms with Crippen molar-refractivity contribution in [2.24, 2.45) is 0 Å². The number of carbonyl (C=O) groups excluding carboxylic acids is 2. The average molecular weight is 434 g/mol. The summed E-state index contributed by atoms with van der Waals surface area (Å²) in [4.78, 5) is 52.7. The van der Waals surface area contributed by atoms with Gasteiger partial charge in [0.1, 0.15) is 11.4 Å². The van der Waals surface area contributed by atoms with Gasteiger partial charge in [-0.3, -0.25) is 9.59 Å². The molecule has 4 N–H and O–H groups in total. The van der Waals surface area contributed by atoms with Crippen LogP contribution in [0.25, 0.3) is 0 Å². The largest absolute Gasteiger partial charge is 0.477 e. The number of esters is 2. The lowest BCUT2D eigenvalue weighted by Crippen LogP contribution is -2.11. The smallest absolute Gasteiger partial charge is 0.352 e. The van der Waals surface area contributed by atoms with Gasteiger partial charge in [-0.25, -0.2) is 9.59 Å². The van der Waals surface area contributed by atoms with E-state index in [2.05, 4.69) is 14.7 Å². The molecule has 2 rings (SSSR count). The van der Waals surface area contributed by atoms with E-state index < -0.39 is 23.9 Å². The van der Waals surface area contributed by atoms with Crippen LogP contribution in [0.2, 0.25) is 0 Å². The molecule has 2 aromatic rings. The van der Waals surface area contributed by atoms with Gasteiger partial charge < -0.3 is 29.7 Å². The maximum absolute atomic E-state index is 12.0. The lowest BCUT2D eigenvalue weighted by atomic mass is 9.97. The van der Waals surface area contributed by atoms with Crippen LogP contribution in [0.15, 0.2) is 0 Å². The third-order valence-electron chi connectivity index (χ3n) is 5.26. The number of nitrogens with one attached hydrogen (secondary N) is 2. The zero-order chi connectivity index (χ0) is 23.3. The first-order valence-corrected chi connectivity index (χ1v) is 9.67. The van der Waals surface area contributed by atoms with E-state index in [0.29, 0.717) is 34.5 Å². The van der Waals surface area contributed by atoms with Crippen LogP contribution in [0.1, 0.15) is 68.0 Å². The Hall–Kier alpha value is -3.56. The van der Waals surface area contributed by atoms with Gasteiger partial charge in [0.05, 0.1) is 20.6 Å². The van der Waals surface area contributed by atoms with Crippen LogP contribution in [0.4, 0.5) is 0 Å². The first-order valence-electron chi connectivity index (χ1n) is 9.67. The molecule has 0 amide bonds. The molecule has 0 radical (unpaired) electrons. The van der Waals surface area contributed by atoms with Crippen LogP contribution >= 0.6 is 0 Å². The Bertz CT molecular complexity index is 1020. The second kappa shape index (κ2) is 9.96. The molecule has 0 saturated heterocycles. The summed E-state index contributed by atoms with van der Waals surface area (Å²) in [6.45, 7) is 3.59. The minimum atomic E-state index is -1.23. The van der Waals surface area contributed by atoms with Crippen LogP contribution in [0, 0.1) is 6.92 Å². The second-order valence-electron chi connectivity index (χ2n) is 6.99. The molecule has 0 atom stereocenters. The van der Waals surface area contributed by atoms with Gasteiger partial charge in [0, 0.05) is 24.2 Å². The molecule has 0 saturated carbocycles. The highest BCUT2D eigenvalue weighted by molar-refractivity contribution is 5.90. The highest BCUT2D eigenvalue weighted by Gasteiger charge is 2.26. The van der Waals surface area contributed by atoms with Gasteiger partial charge in [0.2, 0.25) is 0 Å². The second-order valence-corrected chi connectivity index (χ2v) is 6.99. The summed E-state index contributed by atoms with van der Waals surface area (Å²) in [6.07, 6.45) is 0.523.